The van der Waals surface area contributed by atoms with E-state index in [-0.39, 0.29) is 6.10 Å². The summed E-state index contributed by atoms with van der Waals surface area (Å²) in [4.78, 5) is 0. The first-order valence-electron chi connectivity index (χ1n) is 4.22. The molecule has 70 valence electrons. The molecule has 1 aromatic rings. The van der Waals surface area contributed by atoms with Gasteiger partial charge in [0.1, 0.15) is 12.7 Å². The molecule has 1 heterocycles. The average molecular weight is 180 g/mol. The predicted molar refractivity (Wildman–Crippen MR) is 48.5 cm³/mol. The van der Waals surface area contributed by atoms with Crippen molar-refractivity contribution in [3.63, 3.8) is 0 Å². The summed E-state index contributed by atoms with van der Waals surface area (Å²) in [7, 11) is 0. The molecule has 4 nitrogen and oxygen atoms in total. The van der Waals surface area contributed by atoms with Crippen LogP contribution in [0.5, 0.6) is 11.5 Å². The van der Waals surface area contributed by atoms with Crippen molar-refractivity contribution >= 4 is 0 Å². The molecule has 13 heavy (non-hydrogen) atoms. The van der Waals surface area contributed by atoms with Crippen LogP contribution >= 0.6 is 0 Å². The van der Waals surface area contributed by atoms with Crippen LogP contribution in [0.1, 0.15) is 0 Å². The summed E-state index contributed by atoms with van der Waals surface area (Å²) in [6, 6.07) is 7.61. The summed E-state index contributed by atoms with van der Waals surface area (Å²) in [5.41, 5.74) is 2.56. The van der Waals surface area contributed by atoms with E-state index in [4.69, 9.17) is 15.3 Å². The Morgan fingerprint density at radius 1 is 1.38 bits per heavy atom. The Hall–Kier alpha value is -1.26. The number of nitrogens with one attached hydrogen (secondary N) is 1. The van der Waals surface area contributed by atoms with Gasteiger partial charge in [-0.1, -0.05) is 12.1 Å². The van der Waals surface area contributed by atoms with Gasteiger partial charge in [0.05, 0.1) is 6.54 Å². The Balaban J connectivity index is 2.11. The summed E-state index contributed by atoms with van der Waals surface area (Å²) in [6.07, 6.45) is -0.0000926. The van der Waals surface area contributed by atoms with Crippen LogP contribution < -0.4 is 20.7 Å². The number of hydrogen-bond acceptors (Lipinski definition) is 4. The molecule has 0 aromatic heterocycles. The molecule has 2 rings (SSSR count). The number of hydrazine groups is 1. The molecule has 0 fully saturated rings. The van der Waals surface area contributed by atoms with Crippen LogP contribution in [0, 0.1) is 0 Å². The van der Waals surface area contributed by atoms with Gasteiger partial charge >= 0.3 is 0 Å². The number of hydrogen-bond donors (Lipinski definition) is 2. The normalized spacial score (nSPS) is 19.9. The maximum Gasteiger partial charge on any atom is 0.161 e. The first-order valence-corrected chi connectivity index (χ1v) is 4.22. The van der Waals surface area contributed by atoms with Crippen LogP contribution in [0.25, 0.3) is 0 Å². The Kier molecular flexibility index (Phi) is 2.33. The van der Waals surface area contributed by atoms with Crippen molar-refractivity contribution in [2.24, 2.45) is 5.84 Å². The number of fused-ring (bicyclic) bond motifs is 1. The van der Waals surface area contributed by atoms with Crippen LogP contribution in [-0.4, -0.2) is 19.3 Å². The smallest absolute Gasteiger partial charge is 0.161 e. The second kappa shape index (κ2) is 3.64. The van der Waals surface area contributed by atoms with Crippen molar-refractivity contribution in [2.75, 3.05) is 13.2 Å². The van der Waals surface area contributed by atoms with E-state index in [0.29, 0.717) is 13.2 Å². The monoisotopic (exact) mass is 180 g/mol. The predicted octanol–water partition coefficient (Wildman–Crippen LogP) is 0.290. The highest BCUT2D eigenvalue weighted by atomic mass is 16.6. The van der Waals surface area contributed by atoms with Crippen molar-refractivity contribution in [3.05, 3.63) is 24.3 Å². The third-order valence-corrected chi connectivity index (χ3v) is 1.91. The largest absolute Gasteiger partial charge is 0.486 e. The van der Waals surface area contributed by atoms with Gasteiger partial charge in [0, 0.05) is 0 Å². The van der Waals surface area contributed by atoms with Gasteiger partial charge in [0.25, 0.3) is 0 Å². The van der Waals surface area contributed by atoms with Crippen molar-refractivity contribution in [3.8, 4) is 11.5 Å². The van der Waals surface area contributed by atoms with E-state index in [2.05, 4.69) is 5.43 Å². The van der Waals surface area contributed by atoms with Gasteiger partial charge in [-0.15, -0.1) is 0 Å². The lowest BCUT2D eigenvalue weighted by molar-refractivity contribution is 0.0906. The van der Waals surface area contributed by atoms with Crippen molar-refractivity contribution in [2.45, 2.75) is 6.10 Å². The van der Waals surface area contributed by atoms with E-state index in [9.17, 15) is 0 Å². The zero-order chi connectivity index (χ0) is 9.10. The molecule has 0 aliphatic carbocycles. The average Bonchev–Trinajstić information content (AvgIpc) is 2.18. The molecule has 0 saturated heterocycles. The molecule has 0 radical (unpaired) electrons. The van der Waals surface area contributed by atoms with E-state index >= 15 is 0 Å². The van der Waals surface area contributed by atoms with Gasteiger partial charge in [-0.3, -0.25) is 11.3 Å². The van der Waals surface area contributed by atoms with Crippen molar-refractivity contribution < 1.29 is 9.47 Å². The SMILES string of the molecule is NNCC1COc2ccccc2O1. The fourth-order valence-corrected chi connectivity index (χ4v) is 1.30. The molecule has 1 atom stereocenters. The Labute approximate surface area is 76.6 Å². The Morgan fingerprint density at radius 2 is 2.15 bits per heavy atom. The van der Waals surface area contributed by atoms with Gasteiger partial charge in [-0.25, -0.2) is 0 Å². The quantitative estimate of drug-likeness (QED) is 0.507. The standard InChI is InChI=1S/C9H12N2O2/c10-11-5-7-6-12-8-3-1-2-4-9(8)13-7/h1-4,7,11H,5-6,10H2. The molecule has 0 saturated carbocycles. The van der Waals surface area contributed by atoms with Crippen LogP contribution in [0.4, 0.5) is 0 Å². The number of nitrogens with two attached hydrogens (primary N) is 1. The van der Waals surface area contributed by atoms with E-state index < -0.39 is 0 Å². The van der Waals surface area contributed by atoms with Crippen LogP contribution in [0.3, 0.4) is 0 Å². The highest BCUT2D eigenvalue weighted by molar-refractivity contribution is 5.40. The van der Waals surface area contributed by atoms with Crippen LogP contribution in [0.15, 0.2) is 24.3 Å². The van der Waals surface area contributed by atoms with E-state index in [1.165, 1.54) is 0 Å². The molecular formula is C9H12N2O2. The summed E-state index contributed by atoms with van der Waals surface area (Å²) in [5.74, 6) is 6.78. The minimum absolute atomic E-state index is 0.0000926. The molecule has 4 heteroatoms. The van der Waals surface area contributed by atoms with Gasteiger partial charge in [0.2, 0.25) is 0 Å². The minimum Gasteiger partial charge on any atom is -0.486 e. The van der Waals surface area contributed by atoms with Crippen LogP contribution in [-0.2, 0) is 0 Å². The zero-order valence-electron chi connectivity index (χ0n) is 7.19. The lowest BCUT2D eigenvalue weighted by Gasteiger charge is -2.25. The second-order valence-electron chi connectivity index (χ2n) is 2.91. The van der Waals surface area contributed by atoms with Crippen molar-refractivity contribution in [1.29, 1.82) is 0 Å². The second-order valence-corrected chi connectivity index (χ2v) is 2.91. The van der Waals surface area contributed by atoms with Gasteiger partial charge in [-0.2, -0.15) is 0 Å². The minimum atomic E-state index is -0.0000926. The lowest BCUT2D eigenvalue weighted by Crippen LogP contribution is -2.41. The molecule has 1 unspecified atom stereocenters. The van der Waals surface area contributed by atoms with Gasteiger partial charge < -0.3 is 9.47 Å². The fraction of sp³-hybridized carbons (Fsp3) is 0.333. The lowest BCUT2D eigenvalue weighted by atomic mass is 10.2. The van der Waals surface area contributed by atoms with Gasteiger partial charge in [0.15, 0.2) is 11.5 Å². The van der Waals surface area contributed by atoms with Gasteiger partial charge in [-0.05, 0) is 12.1 Å². The number of para-hydroxylation sites is 2. The maximum absolute atomic E-state index is 5.60. The molecule has 1 aliphatic heterocycles. The molecule has 0 amide bonds. The van der Waals surface area contributed by atoms with E-state index in [1.807, 2.05) is 24.3 Å². The number of rotatable bonds is 2. The van der Waals surface area contributed by atoms with E-state index in [0.717, 1.165) is 11.5 Å². The van der Waals surface area contributed by atoms with E-state index in [1.54, 1.807) is 0 Å². The molecule has 0 spiro atoms. The topological polar surface area (TPSA) is 56.5 Å². The molecule has 3 N–H and O–H groups in total. The maximum atomic E-state index is 5.60. The van der Waals surface area contributed by atoms with Crippen LogP contribution in [0.2, 0.25) is 0 Å². The highest BCUT2D eigenvalue weighted by Gasteiger charge is 2.19. The molecular weight excluding hydrogens is 168 g/mol. The number of ether oxygens (including phenoxy) is 2. The summed E-state index contributed by atoms with van der Waals surface area (Å²) in [5, 5.41) is 0. The third-order valence-electron chi connectivity index (χ3n) is 1.91. The third kappa shape index (κ3) is 1.74. The highest BCUT2D eigenvalue weighted by Crippen LogP contribution is 2.30. The number of benzene rings is 1. The Morgan fingerprint density at radius 3 is 2.92 bits per heavy atom. The first-order chi connectivity index (χ1) is 6.40. The zero-order valence-corrected chi connectivity index (χ0v) is 7.19. The molecule has 1 aromatic carbocycles. The fourth-order valence-electron chi connectivity index (χ4n) is 1.30. The summed E-state index contributed by atoms with van der Waals surface area (Å²) < 4.78 is 11.1. The Bertz CT molecular complexity index is 291. The summed E-state index contributed by atoms with van der Waals surface area (Å²) >= 11 is 0. The molecule has 0 bridgehead atoms. The summed E-state index contributed by atoms with van der Waals surface area (Å²) in [6.45, 7) is 1.13. The molecule has 1 aliphatic rings. The first kappa shape index (κ1) is 8.34. The van der Waals surface area contributed by atoms with Crippen molar-refractivity contribution in [1.82, 2.24) is 5.43 Å².